The second kappa shape index (κ2) is 6.76. The Morgan fingerprint density at radius 1 is 1.32 bits per heavy atom. The predicted octanol–water partition coefficient (Wildman–Crippen LogP) is 0.339. The highest BCUT2D eigenvalue weighted by atomic mass is 16.7. The summed E-state index contributed by atoms with van der Waals surface area (Å²) >= 11 is 0. The molecule has 0 radical (unpaired) electrons. The third-order valence-corrected chi connectivity index (χ3v) is 3.81. The van der Waals surface area contributed by atoms with Gasteiger partial charge in [0.25, 0.3) is 0 Å². The number of nitrogens with zero attached hydrogens (tertiary/aromatic N) is 1. The second-order valence-electron chi connectivity index (χ2n) is 5.22. The lowest BCUT2D eigenvalue weighted by molar-refractivity contribution is -0.121. The number of rotatable bonds is 6. The van der Waals surface area contributed by atoms with Crippen LogP contribution in [-0.4, -0.2) is 49.2 Å². The average Bonchev–Trinajstić information content (AvgIpc) is 2.99. The third-order valence-electron chi connectivity index (χ3n) is 3.81. The van der Waals surface area contributed by atoms with Crippen molar-refractivity contribution in [1.29, 1.82) is 0 Å². The number of carbonyl (C=O) groups is 2. The number of benzene rings is 1. The van der Waals surface area contributed by atoms with E-state index in [1.165, 1.54) is 0 Å². The molecule has 22 heavy (non-hydrogen) atoms. The summed E-state index contributed by atoms with van der Waals surface area (Å²) in [6.45, 7) is 3.68. The largest absolute Gasteiger partial charge is 0.454 e. The minimum atomic E-state index is -0.409. The van der Waals surface area contributed by atoms with Crippen LogP contribution in [0.4, 0.5) is 0 Å². The standard InChI is InChI=1S/C15H21N3O4/c1-9(18(3)10(2)17-14(19)7-16)15(20)11-4-5-12-13(6-11)22-8-21-12/h4-6,9-10H,7-8,16H2,1-3H3,(H,17,19). The maximum absolute atomic E-state index is 12.6. The van der Waals surface area contributed by atoms with Gasteiger partial charge in [0.1, 0.15) is 0 Å². The van der Waals surface area contributed by atoms with Crippen molar-refractivity contribution < 1.29 is 19.1 Å². The van der Waals surface area contributed by atoms with Gasteiger partial charge in [-0.05, 0) is 39.1 Å². The van der Waals surface area contributed by atoms with Gasteiger partial charge >= 0.3 is 0 Å². The number of hydrogen-bond donors (Lipinski definition) is 2. The van der Waals surface area contributed by atoms with Crippen LogP contribution < -0.4 is 20.5 Å². The Morgan fingerprint density at radius 2 is 2.00 bits per heavy atom. The molecule has 3 N–H and O–H groups in total. The Kier molecular flexibility index (Phi) is 4.99. The Bertz CT molecular complexity index is 576. The summed E-state index contributed by atoms with van der Waals surface area (Å²) < 4.78 is 10.5. The second-order valence-corrected chi connectivity index (χ2v) is 5.22. The molecule has 1 aliphatic heterocycles. The molecule has 1 amide bonds. The average molecular weight is 307 g/mol. The molecular weight excluding hydrogens is 286 g/mol. The fourth-order valence-electron chi connectivity index (χ4n) is 2.21. The minimum Gasteiger partial charge on any atom is -0.454 e. The normalized spacial score (nSPS) is 15.5. The molecule has 7 heteroatoms. The monoisotopic (exact) mass is 307 g/mol. The molecule has 0 saturated heterocycles. The summed E-state index contributed by atoms with van der Waals surface area (Å²) in [7, 11) is 1.77. The molecule has 7 nitrogen and oxygen atoms in total. The lowest BCUT2D eigenvalue weighted by Gasteiger charge is -2.30. The molecule has 1 aromatic carbocycles. The van der Waals surface area contributed by atoms with E-state index in [1.807, 2.05) is 0 Å². The summed E-state index contributed by atoms with van der Waals surface area (Å²) in [5.74, 6) is 0.892. The Hall–Kier alpha value is -2.12. The van der Waals surface area contributed by atoms with Gasteiger partial charge in [-0.2, -0.15) is 0 Å². The molecule has 0 aliphatic carbocycles. The fourth-order valence-corrected chi connectivity index (χ4v) is 2.21. The van der Waals surface area contributed by atoms with E-state index in [1.54, 1.807) is 44.0 Å². The first-order valence-electron chi connectivity index (χ1n) is 7.09. The Morgan fingerprint density at radius 3 is 2.68 bits per heavy atom. The number of ether oxygens (including phenoxy) is 2. The van der Waals surface area contributed by atoms with E-state index in [9.17, 15) is 9.59 Å². The van der Waals surface area contributed by atoms with Gasteiger partial charge in [-0.25, -0.2) is 0 Å². The van der Waals surface area contributed by atoms with E-state index in [4.69, 9.17) is 15.2 Å². The topological polar surface area (TPSA) is 93.9 Å². The van der Waals surface area contributed by atoms with E-state index in [0.717, 1.165) is 0 Å². The molecular formula is C15H21N3O4. The van der Waals surface area contributed by atoms with E-state index >= 15 is 0 Å². The van der Waals surface area contributed by atoms with E-state index in [-0.39, 0.29) is 31.2 Å². The number of hydrogen-bond acceptors (Lipinski definition) is 6. The lowest BCUT2D eigenvalue weighted by Crippen LogP contribution is -2.51. The summed E-state index contributed by atoms with van der Waals surface area (Å²) in [6, 6.07) is 4.71. The van der Waals surface area contributed by atoms with Crippen molar-refractivity contribution in [2.24, 2.45) is 5.73 Å². The number of amides is 1. The van der Waals surface area contributed by atoms with Crippen LogP contribution in [-0.2, 0) is 4.79 Å². The predicted molar refractivity (Wildman–Crippen MR) is 80.8 cm³/mol. The molecule has 2 rings (SSSR count). The molecule has 1 aliphatic rings. The minimum absolute atomic E-state index is 0.0605. The number of ketones is 1. The zero-order valence-corrected chi connectivity index (χ0v) is 13.0. The summed E-state index contributed by atoms with van der Waals surface area (Å²) in [6.07, 6.45) is -0.302. The maximum atomic E-state index is 12.6. The molecule has 0 spiro atoms. The lowest BCUT2D eigenvalue weighted by atomic mass is 10.0. The first-order chi connectivity index (χ1) is 10.4. The van der Waals surface area contributed by atoms with Gasteiger partial charge in [-0.1, -0.05) is 0 Å². The molecule has 2 unspecified atom stereocenters. The highest BCUT2D eigenvalue weighted by Gasteiger charge is 2.25. The van der Waals surface area contributed by atoms with Crippen molar-refractivity contribution in [3.63, 3.8) is 0 Å². The van der Waals surface area contributed by atoms with Crippen LogP contribution in [0, 0.1) is 0 Å². The van der Waals surface area contributed by atoms with Gasteiger partial charge < -0.3 is 20.5 Å². The number of nitrogens with one attached hydrogen (secondary N) is 1. The van der Waals surface area contributed by atoms with Crippen LogP contribution in [0.25, 0.3) is 0 Å². The number of carbonyl (C=O) groups excluding carboxylic acids is 2. The highest BCUT2D eigenvalue weighted by molar-refractivity contribution is 6.00. The first kappa shape index (κ1) is 16.3. The number of Topliss-reactive ketones (excluding diaryl/α,β-unsaturated/α-hetero) is 1. The molecule has 1 heterocycles. The van der Waals surface area contributed by atoms with Crippen LogP contribution in [0.5, 0.6) is 11.5 Å². The van der Waals surface area contributed by atoms with Crippen molar-refractivity contribution in [3.05, 3.63) is 23.8 Å². The zero-order chi connectivity index (χ0) is 16.3. The van der Waals surface area contributed by atoms with Gasteiger partial charge in [-0.15, -0.1) is 0 Å². The van der Waals surface area contributed by atoms with Crippen molar-refractivity contribution >= 4 is 11.7 Å². The third kappa shape index (κ3) is 3.37. The SMILES string of the molecule is CC(NC(=O)CN)N(C)C(C)C(=O)c1ccc2c(c1)OCO2. The van der Waals surface area contributed by atoms with Crippen molar-refractivity contribution in [2.75, 3.05) is 20.4 Å². The summed E-state index contributed by atoms with van der Waals surface area (Å²) in [4.78, 5) is 25.7. The fraction of sp³-hybridized carbons (Fsp3) is 0.467. The van der Waals surface area contributed by atoms with Gasteiger partial charge in [0.15, 0.2) is 17.3 Å². The molecule has 0 fully saturated rings. The number of fused-ring (bicyclic) bond motifs is 1. The molecule has 1 aromatic rings. The number of likely N-dealkylation sites (N-methyl/N-ethyl adjacent to an activating group) is 1. The van der Waals surface area contributed by atoms with Crippen molar-refractivity contribution in [3.8, 4) is 11.5 Å². The van der Waals surface area contributed by atoms with Gasteiger partial charge in [0.2, 0.25) is 12.7 Å². The summed E-state index contributed by atoms with van der Waals surface area (Å²) in [5, 5.41) is 2.72. The smallest absolute Gasteiger partial charge is 0.234 e. The summed E-state index contributed by atoms with van der Waals surface area (Å²) in [5.41, 5.74) is 5.82. The van der Waals surface area contributed by atoms with E-state index in [0.29, 0.717) is 17.1 Å². The van der Waals surface area contributed by atoms with Crippen LogP contribution in [0.1, 0.15) is 24.2 Å². The highest BCUT2D eigenvalue weighted by Crippen LogP contribution is 2.32. The van der Waals surface area contributed by atoms with Crippen molar-refractivity contribution in [1.82, 2.24) is 10.2 Å². The van der Waals surface area contributed by atoms with Crippen LogP contribution >= 0.6 is 0 Å². The van der Waals surface area contributed by atoms with E-state index < -0.39 is 6.04 Å². The quantitative estimate of drug-likeness (QED) is 0.581. The number of nitrogens with two attached hydrogens (primary N) is 1. The Labute approximate surface area is 129 Å². The molecule has 0 saturated carbocycles. The Balaban J connectivity index is 2.06. The van der Waals surface area contributed by atoms with E-state index in [2.05, 4.69) is 5.32 Å². The van der Waals surface area contributed by atoms with Gasteiger partial charge in [-0.3, -0.25) is 14.5 Å². The maximum Gasteiger partial charge on any atom is 0.234 e. The first-order valence-corrected chi connectivity index (χ1v) is 7.09. The molecule has 0 bridgehead atoms. The van der Waals surface area contributed by atoms with Crippen LogP contribution in [0.2, 0.25) is 0 Å². The molecule has 0 aromatic heterocycles. The van der Waals surface area contributed by atoms with Crippen molar-refractivity contribution in [2.45, 2.75) is 26.1 Å². The van der Waals surface area contributed by atoms with Gasteiger partial charge in [0, 0.05) is 5.56 Å². The van der Waals surface area contributed by atoms with Crippen LogP contribution in [0.15, 0.2) is 18.2 Å². The van der Waals surface area contributed by atoms with Gasteiger partial charge in [0.05, 0.1) is 18.8 Å². The molecule has 120 valence electrons. The molecule has 2 atom stereocenters. The zero-order valence-electron chi connectivity index (χ0n) is 13.0. The van der Waals surface area contributed by atoms with Crippen LogP contribution in [0.3, 0.4) is 0 Å².